The van der Waals surface area contributed by atoms with Crippen molar-refractivity contribution < 1.29 is 18.9 Å². The number of hydrogen-bond donors (Lipinski definition) is 0. The number of rotatable bonds is 11. The molecule has 5 nitrogen and oxygen atoms in total. The molecule has 5 rings (SSSR count). The van der Waals surface area contributed by atoms with E-state index in [9.17, 15) is 0 Å². The zero-order chi connectivity index (χ0) is 26.2. The van der Waals surface area contributed by atoms with Gasteiger partial charge in [0.05, 0.1) is 19.3 Å². The van der Waals surface area contributed by atoms with Gasteiger partial charge in [-0.25, -0.2) is 4.98 Å². The Morgan fingerprint density at radius 1 is 0.658 bits per heavy atom. The van der Waals surface area contributed by atoms with Gasteiger partial charge in [-0.15, -0.1) is 0 Å². The fourth-order valence-electron chi connectivity index (χ4n) is 4.88. The van der Waals surface area contributed by atoms with Crippen LogP contribution in [0.5, 0.6) is 5.88 Å². The van der Waals surface area contributed by atoms with Crippen molar-refractivity contribution in [3.05, 3.63) is 131 Å². The highest BCUT2D eigenvalue weighted by Crippen LogP contribution is 2.40. The lowest BCUT2D eigenvalue weighted by Crippen LogP contribution is -2.35. The largest absolute Gasteiger partial charge is 0.473 e. The number of pyridine rings is 1. The SMILES string of the molecule is CC[C@H]1O[C@@H](c2ccc(OCc3ccccc3)nc2C)C(OCc2ccccc2)[C@H]1OCc1ccccc1. The van der Waals surface area contributed by atoms with Crippen LogP contribution in [-0.4, -0.2) is 23.3 Å². The van der Waals surface area contributed by atoms with E-state index >= 15 is 0 Å². The molecule has 0 bridgehead atoms. The zero-order valence-corrected chi connectivity index (χ0v) is 22.0. The van der Waals surface area contributed by atoms with Crippen LogP contribution < -0.4 is 4.74 Å². The molecule has 0 N–H and O–H groups in total. The van der Waals surface area contributed by atoms with Crippen LogP contribution in [0.15, 0.2) is 103 Å². The molecule has 0 amide bonds. The third kappa shape index (κ3) is 6.48. The lowest BCUT2D eigenvalue weighted by atomic mass is 9.99. The van der Waals surface area contributed by atoms with Crippen LogP contribution >= 0.6 is 0 Å². The third-order valence-corrected chi connectivity index (χ3v) is 6.92. The minimum absolute atomic E-state index is 0.0853. The van der Waals surface area contributed by atoms with E-state index in [0.717, 1.165) is 34.4 Å². The highest BCUT2D eigenvalue weighted by Gasteiger charge is 2.46. The van der Waals surface area contributed by atoms with Crippen LogP contribution in [0, 0.1) is 6.92 Å². The number of benzene rings is 3. The van der Waals surface area contributed by atoms with E-state index in [-0.39, 0.29) is 24.4 Å². The average Bonchev–Trinajstić information content (AvgIpc) is 3.32. The molecule has 1 unspecified atom stereocenters. The molecule has 1 fully saturated rings. The van der Waals surface area contributed by atoms with E-state index in [4.69, 9.17) is 23.9 Å². The van der Waals surface area contributed by atoms with Crippen LogP contribution in [0.4, 0.5) is 0 Å². The van der Waals surface area contributed by atoms with Gasteiger partial charge in [-0.1, -0.05) is 97.9 Å². The Labute approximate surface area is 225 Å². The minimum Gasteiger partial charge on any atom is -0.473 e. The molecule has 4 atom stereocenters. The van der Waals surface area contributed by atoms with Gasteiger partial charge in [0.2, 0.25) is 5.88 Å². The van der Waals surface area contributed by atoms with Gasteiger partial charge in [-0.05, 0) is 36.1 Å². The Hall–Kier alpha value is -3.51. The first kappa shape index (κ1) is 26.1. The first-order valence-electron chi connectivity index (χ1n) is 13.3. The van der Waals surface area contributed by atoms with Crippen molar-refractivity contribution in [1.29, 1.82) is 0 Å². The molecule has 1 aliphatic heterocycles. The molecule has 0 spiro atoms. The van der Waals surface area contributed by atoms with Crippen molar-refractivity contribution in [2.24, 2.45) is 0 Å². The fraction of sp³-hybridized carbons (Fsp3) is 0.303. The summed E-state index contributed by atoms with van der Waals surface area (Å²) < 4.78 is 25.7. The monoisotopic (exact) mass is 509 g/mol. The Balaban J connectivity index is 1.35. The third-order valence-electron chi connectivity index (χ3n) is 6.92. The normalized spacial score (nSPS) is 20.9. The number of hydrogen-bond acceptors (Lipinski definition) is 5. The zero-order valence-electron chi connectivity index (χ0n) is 22.0. The fourth-order valence-corrected chi connectivity index (χ4v) is 4.88. The minimum atomic E-state index is -0.292. The van der Waals surface area contributed by atoms with Gasteiger partial charge in [-0.3, -0.25) is 0 Å². The Kier molecular flexibility index (Phi) is 8.82. The van der Waals surface area contributed by atoms with Crippen molar-refractivity contribution in [2.75, 3.05) is 0 Å². The maximum atomic E-state index is 6.62. The summed E-state index contributed by atoms with van der Waals surface area (Å²) >= 11 is 0. The highest BCUT2D eigenvalue weighted by molar-refractivity contribution is 5.30. The first-order valence-corrected chi connectivity index (χ1v) is 13.3. The van der Waals surface area contributed by atoms with Gasteiger partial charge in [0.1, 0.15) is 24.9 Å². The quantitative estimate of drug-likeness (QED) is 0.218. The molecule has 5 heteroatoms. The molecule has 0 radical (unpaired) electrons. The molecule has 3 aromatic carbocycles. The summed E-state index contributed by atoms with van der Waals surface area (Å²) in [6, 6.07) is 34.5. The molecule has 38 heavy (non-hydrogen) atoms. The van der Waals surface area contributed by atoms with Crippen molar-refractivity contribution in [2.45, 2.75) is 64.5 Å². The molecule has 1 aliphatic rings. The van der Waals surface area contributed by atoms with E-state index < -0.39 is 0 Å². The second-order valence-corrected chi connectivity index (χ2v) is 9.62. The van der Waals surface area contributed by atoms with E-state index in [1.807, 2.05) is 79.7 Å². The van der Waals surface area contributed by atoms with Gasteiger partial charge >= 0.3 is 0 Å². The van der Waals surface area contributed by atoms with E-state index in [1.165, 1.54) is 0 Å². The maximum Gasteiger partial charge on any atom is 0.213 e. The van der Waals surface area contributed by atoms with Crippen LogP contribution in [0.3, 0.4) is 0 Å². The lowest BCUT2D eigenvalue weighted by molar-refractivity contribution is -0.0795. The van der Waals surface area contributed by atoms with E-state index in [1.54, 1.807) is 0 Å². The second kappa shape index (κ2) is 12.8. The summed E-state index contributed by atoms with van der Waals surface area (Å²) in [5.74, 6) is 0.596. The molecule has 196 valence electrons. The van der Waals surface area contributed by atoms with Crippen LogP contribution in [0.2, 0.25) is 0 Å². The van der Waals surface area contributed by atoms with Crippen LogP contribution in [0.25, 0.3) is 0 Å². The van der Waals surface area contributed by atoms with Crippen LogP contribution in [-0.2, 0) is 34.0 Å². The van der Waals surface area contributed by atoms with Gasteiger partial charge in [0.25, 0.3) is 0 Å². The summed E-state index contributed by atoms with van der Waals surface area (Å²) in [6.45, 7) is 5.60. The Bertz CT molecular complexity index is 1270. The Morgan fingerprint density at radius 2 is 1.18 bits per heavy atom. The predicted molar refractivity (Wildman–Crippen MR) is 148 cm³/mol. The summed E-state index contributed by atoms with van der Waals surface area (Å²) in [7, 11) is 0. The van der Waals surface area contributed by atoms with Gasteiger partial charge in [-0.2, -0.15) is 0 Å². The number of ether oxygens (including phenoxy) is 4. The molecule has 1 saturated heterocycles. The lowest BCUT2D eigenvalue weighted by Gasteiger charge is -2.25. The predicted octanol–water partition coefficient (Wildman–Crippen LogP) is 6.99. The molecule has 1 aromatic heterocycles. The molecular weight excluding hydrogens is 474 g/mol. The van der Waals surface area contributed by atoms with Crippen molar-refractivity contribution in [3.63, 3.8) is 0 Å². The average molecular weight is 510 g/mol. The molecule has 2 heterocycles. The summed E-state index contributed by atoms with van der Waals surface area (Å²) in [6.07, 6.45) is -0.0351. The molecule has 0 saturated carbocycles. The first-order chi connectivity index (χ1) is 18.7. The van der Waals surface area contributed by atoms with Gasteiger partial charge in [0, 0.05) is 17.3 Å². The van der Waals surface area contributed by atoms with E-state index in [0.29, 0.717) is 25.7 Å². The van der Waals surface area contributed by atoms with Gasteiger partial charge in [0.15, 0.2) is 0 Å². The maximum absolute atomic E-state index is 6.62. The topological polar surface area (TPSA) is 49.8 Å². The van der Waals surface area contributed by atoms with Crippen molar-refractivity contribution >= 4 is 0 Å². The smallest absolute Gasteiger partial charge is 0.213 e. The van der Waals surface area contributed by atoms with Gasteiger partial charge < -0.3 is 18.9 Å². The number of aryl methyl sites for hydroxylation is 1. The van der Waals surface area contributed by atoms with Crippen LogP contribution in [0.1, 0.15) is 47.4 Å². The molecule has 0 aliphatic carbocycles. The standard InChI is InChI=1S/C33H35NO4/c1-3-29-32(36-22-26-15-9-5-10-16-26)33(37-23-27-17-11-6-12-18-27)31(38-29)28-19-20-30(34-24(28)2)35-21-25-13-7-4-8-14-25/h4-20,29,31-33H,3,21-23H2,1-2H3/t29-,31+,32+,33?/m1/s1. The number of nitrogens with zero attached hydrogens (tertiary/aromatic N) is 1. The Morgan fingerprint density at radius 3 is 1.71 bits per heavy atom. The second-order valence-electron chi connectivity index (χ2n) is 9.62. The molecular formula is C33H35NO4. The van der Waals surface area contributed by atoms with Crippen molar-refractivity contribution in [3.8, 4) is 5.88 Å². The highest BCUT2D eigenvalue weighted by atomic mass is 16.6. The number of aromatic nitrogens is 1. The summed E-state index contributed by atoms with van der Waals surface area (Å²) in [5.41, 5.74) is 5.22. The summed E-state index contributed by atoms with van der Waals surface area (Å²) in [5, 5.41) is 0. The molecule has 4 aromatic rings. The summed E-state index contributed by atoms with van der Waals surface area (Å²) in [4.78, 5) is 4.76. The van der Waals surface area contributed by atoms with Crippen molar-refractivity contribution in [1.82, 2.24) is 4.98 Å². The van der Waals surface area contributed by atoms with E-state index in [2.05, 4.69) is 37.3 Å².